The summed E-state index contributed by atoms with van der Waals surface area (Å²) in [5.74, 6) is 0.634. The highest BCUT2D eigenvalue weighted by Crippen LogP contribution is 2.23. The molecule has 0 spiro atoms. The van der Waals surface area contributed by atoms with E-state index in [9.17, 15) is 4.79 Å². The fourth-order valence-electron chi connectivity index (χ4n) is 2.74. The summed E-state index contributed by atoms with van der Waals surface area (Å²) in [6.45, 7) is 5.01. The summed E-state index contributed by atoms with van der Waals surface area (Å²) in [7, 11) is 1.98. The molecular formula is C19H22N3O2S+. The molecule has 1 atom stereocenters. The highest BCUT2D eigenvalue weighted by atomic mass is 32.1. The summed E-state index contributed by atoms with van der Waals surface area (Å²) in [6.07, 6.45) is 1.67. The predicted molar refractivity (Wildman–Crippen MR) is 99.8 cm³/mol. The SMILES string of the molecule is Cc1cccc(C)c1NC(=O)C[NH+](C)Cc1coc(-c2cccs2)n1. The number of hydrogen-bond acceptors (Lipinski definition) is 4. The Morgan fingerprint density at radius 3 is 2.68 bits per heavy atom. The van der Waals surface area contributed by atoms with E-state index in [4.69, 9.17) is 4.42 Å². The van der Waals surface area contributed by atoms with E-state index in [-0.39, 0.29) is 5.91 Å². The summed E-state index contributed by atoms with van der Waals surface area (Å²) < 4.78 is 5.53. The Labute approximate surface area is 151 Å². The molecule has 0 radical (unpaired) electrons. The van der Waals surface area contributed by atoms with Gasteiger partial charge in [0.1, 0.15) is 18.5 Å². The lowest BCUT2D eigenvalue weighted by atomic mass is 10.1. The number of amides is 1. The third-order valence-corrected chi connectivity index (χ3v) is 4.83. The number of nitrogens with one attached hydrogen (secondary N) is 2. The number of thiophene rings is 1. The van der Waals surface area contributed by atoms with Crippen molar-refractivity contribution in [3.63, 3.8) is 0 Å². The maximum absolute atomic E-state index is 12.3. The minimum atomic E-state index is -0.00289. The molecule has 1 aromatic carbocycles. The number of benzene rings is 1. The highest BCUT2D eigenvalue weighted by Gasteiger charge is 2.15. The van der Waals surface area contributed by atoms with Crippen LogP contribution in [-0.4, -0.2) is 24.5 Å². The average molecular weight is 356 g/mol. The quantitative estimate of drug-likeness (QED) is 0.714. The van der Waals surface area contributed by atoms with Gasteiger partial charge in [-0.25, -0.2) is 4.98 Å². The highest BCUT2D eigenvalue weighted by molar-refractivity contribution is 7.13. The zero-order chi connectivity index (χ0) is 17.8. The summed E-state index contributed by atoms with van der Waals surface area (Å²) in [6, 6.07) is 9.95. The van der Waals surface area contributed by atoms with Crippen LogP contribution in [-0.2, 0) is 11.3 Å². The second kappa shape index (κ2) is 7.63. The van der Waals surface area contributed by atoms with Crippen LogP contribution in [0.1, 0.15) is 16.8 Å². The molecule has 0 saturated heterocycles. The number of carbonyl (C=O) groups excluding carboxylic acids is 1. The number of quaternary nitrogens is 1. The summed E-state index contributed by atoms with van der Waals surface area (Å²) in [4.78, 5) is 18.9. The number of nitrogens with zero attached hydrogens (tertiary/aromatic N) is 1. The molecule has 130 valence electrons. The second-order valence-corrected chi connectivity index (χ2v) is 7.19. The number of carbonyl (C=O) groups is 1. The van der Waals surface area contributed by atoms with E-state index in [1.165, 1.54) is 0 Å². The van der Waals surface area contributed by atoms with Crippen molar-refractivity contribution >= 4 is 22.9 Å². The zero-order valence-corrected chi connectivity index (χ0v) is 15.4. The van der Waals surface area contributed by atoms with Crippen LogP contribution >= 0.6 is 11.3 Å². The Bertz CT molecular complexity index is 835. The van der Waals surface area contributed by atoms with Gasteiger partial charge in [-0.1, -0.05) is 24.3 Å². The van der Waals surface area contributed by atoms with Crippen molar-refractivity contribution in [2.45, 2.75) is 20.4 Å². The van der Waals surface area contributed by atoms with E-state index in [1.807, 2.05) is 56.6 Å². The summed E-state index contributed by atoms with van der Waals surface area (Å²) >= 11 is 1.60. The van der Waals surface area contributed by atoms with Crippen LogP contribution in [0.2, 0.25) is 0 Å². The molecule has 0 aliphatic rings. The van der Waals surface area contributed by atoms with E-state index in [0.29, 0.717) is 19.0 Å². The van der Waals surface area contributed by atoms with E-state index < -0.39 is 0 Å². The van der Waals surface area contributed by atoms with Gasteiger partial charge < -0.3 is 14.6 Å². The zero-order valence-electron chi connectivity index (χ0n) is 14.6. The summed E-state index contributed by atoms with van der Waals surface area (Å²) in [5.41, 5.74) is 3.90. The van der Waals surface area contributed by atoms with Gasteiger partial charge in [0.15, 0.2) is 6.54 Å². The Morgan fingerprint density at radius 2 is 2.00 bits per heavy atom. The molecule has 3 rings (SSSR count). The van der Waals surface area contributed by atoms with Gasteiger partial charge in [0.2, 0.25) is 5.89 Å². The first kappa shape index (κ1) is 17.4. The monoisotopic (exact) mass is 356 g/mol. The first-order chi connectivity index (χ1) is 12.0. The molecule has 0 saturated carbocycles. The molecular weight excluding hydrogens is 334 g/mol. The molecule has 6 heteroatoms. The maximum Gasteiger partial charge on any atom is 0.279 e. The molecule has 2 heterocycles. The van der Waals surface area contributed by atoms with Crippen molar-refractivity contribution in [1.82, 2.24) is 4.98 Å². The van der Waals surface area contributed by atoms with Crippen LogP contribution in [0.25, 0.3) is 10.8 Å². The Kier molecular flexibility index (Phi) is 5.31. The van der Waals surface area contributed by atoms with E-state index in [2.05, 4.69) is 10.3 Å². The number of anilines is 1. The molecule has 5 nitrogen and oxygen atoms in total. The first-order valence-corrected chi connectivity index (χ1v) is 9.06. The normalized spacial score (nSPS) is 12.1. The predicted octanol–water partition coefficient (Wildman–Crippen LogP) is 2.67. The Balaban J connectivity index is 1.57. The van der Waals surface area contributed by atoms with Crippen LogP contribution in [0.4, 0.5) is 5.69 Å². The number of likely N-dealkylation sites (N-methyl/N-ethyl adjacent to an activating group) is 1. The first-order valence-electron chi connectivity index (χ1n) is 8.18. The van der Waals surface area contributed by atoms with Crippen molar-refractivity contribution in [3.8, 4) is 10.8 Å². The molecule has 1 amide bonds. The van der Waals surface area contributed by atoms with Crippen LogP contribution in [0.5, 0.6) is 0 Å². The van der Waals surface area contributed by atoms with E-state index in [1.54, 1.807) is 17.6 Å². The van der Waals surface area contributed by atoms with E-state index in [0.717, 1.165) is 32.3 Å². The largest absolute Gasteiger partial charge is 0.443 e. The number of aromatic nitrogens is 1. The molecule has 0 aliphatic carbocycles. The third-order valence-electron chi connectivity index (χ3n) is 3.97. The standard InChI is InChI=1S/C19H21N3O2S/c1-13-6-4-7-14(2)18(13)21-17(23)11-22(3)10-15-12-24-19(20-15)16-8-5-9-25-16/h4-9,12H,10-11H2,1-3H3,(H,21,23)/p+1. The lowest BCUT2D eigenvalue weighted by Gasteiger charge is -2.14. The van der Waals surface area contributed by atoms with Crippen LogP contribution in [0.3, 0.4) is 0 Å². The van der Waals surface area contributed by atoms with Crippen molar-refractivity contribution < 1.29 is 14.1 Å². The lowest BCUT2D eigenvalue weighted by Crippen LogP contribution is -3.08. The fraction of sp³-hybridized carbons (Fsp3) is 0.263. The molecule has 0 fully saturated rings. The van der Waals surface area contributed by atoms with Crippen molar-refractivity contribution in [3.05, 3.63) is 58.8 Å². The minimum absolute atomic E-state index is 0.00289. The smallest absolute Gasteiger partial charge is 0.279 e. The second-order valence-electron chi connectivity index (χ2n) is 6.25. The van der Waals surface area contributed by atoms with Crippen LogP contribution in [0, 0.1) is 13.8 Å². The third kappa shape index (κ3) is 4.35. The molecule has 2 aromatic heterocycles. The van der Waals surface area contributed by atoms with Crippen molar-refractivity contribution in [2.75, 3.05) is 18.9 Å². The average Bonchev–Trinajstić information content (AvgIpc) is 3.22. The lowest BCUT2D eigenvalue weighted by molar-refractivity contribution is -0.885. The van der Waals surface area contributed by atoms with Gasteiger partial charge in [-0.2, -0.15) is 0 Å². The van der Waals surface area contributed by atoms with Crippen LogP contribution in [0.15, 0.2) is 46.4 Å². The van der Waals surface area contributed by atoms with E-state index >= 15 is 0 Å². The number of hydrogen-bond donors (Lipinski definition) is 2. The fourth-order valence-corrected chi connectivity index (χ4v) is 3.40. The van der Waals surface area contributed by atoms with Gasteiger partial charge in [0.05, 0.1) is 11.9 Å². The number of oxazole rings is 1. The molecule has 2 N–H and O–H groups in total. The number of para-hydroxylation sites is 1. The van der Waals surface area contributed by atoms with Crippen LogP contribution < -0.4 is 10.2 Å². The minimum Gasteiger partial charge on any atom is -0.443 e. The Hall–Kier alpha value is -2.44. The molecule has 25 heavy (non-hydrogen) atoms. The number of aryl methyl sites for hydroxylation is 2. The summed E-state index contributed by atoms with van der Waals surface area (Å²) in [5, 5.41) is 5.02. The van der Waals surface area contributed by atoms with Gasteiger partial charge >= 0.3 is 0 Å². The molecule has 0 bridgehead atoms. The Morgan fingerprint density at radius 1 is 1.24 bits per heavy atom. The van der Waals surface area contributed by atoms with Gasteiger partial charge in [-0.3, -0.25) is 4.79 Å². The van der Waals surface area contributed by atoms with Gasteiger partial charge in [0, 0.05) is 5.69 Å². The topological polar surface area (TPSA) is 59.6 Å². The maximum atomic E-state index is 12.3. The molecule has 0 aliphatic heterocycles. The van der Waals surface area contributed by atoms with Crippen molar-refractivity contribution in [2.24, 2.45) is 0 Å². The van der Waals surface area contributed by atoms with Crippen molar-refractivity contribution in [1.29, 1.82) is 0 Å². The molecule has 1 unspecified atom stereocenters. The van der Waals surface area contributed by atoms with Gasteiger partial charge in [-0.05, 0) is 36.4 Å². The van der Waals surface area contributed by atoms with Gasteiger partial charge in [0.25, 0.3) is 5.91 Å². The van der Waals surface area contributed by atoms with Gasteiger partial charge in [-0.15, -0.1) is 11.3 Å². The number of rotatable bonds is 6. The molecule has 3 aromatic rings.